The second-order valence-corrected chi connectivity index (χ2v) is 6.18. The van der Waals surface area contributed by atoms with Crippen LogP contribution in [0.25, 0.3) is 22.0 Å². The predicted octanol–water partition coefficient (Wildman–Crippen LogP) is 3.59. The van der Waals surface area contributed by atoms with Crippen molar-refractivity contribution in [2.75, 3.05) is 5.32 Å². The standard InChI is InChI=1S/C20H17N5O/c1-13-5-3-4-6-17(13)20(26)22-19-10-16-9-14(7-8-15(16)11-21-19)18-12-25(2)24-23-18/h3-12H,1-2H3,(H,21,22,26). The number of amides is 1. The summed E-state index contributed by atoms with van der Waals surface area (Å²) in [6, 6.07) is 15.3. The highest BCUT2D eigenvalue weighted by molar-refractivity contribution is 6.05. The number of nitrogens with zero attached hydrogens (tertiary/aromatic N) is 4. The molecule has 0 atom stereocenters. The smallest absolute Gasteiger partial charge is 0.257 e. The van der Waals surface area contributed by atoms with Gasteiger partial charge in [0.15, 0.2) is 0 Å². The molecule has 0 saturated heterocycles. The van der Waals surface area contributed by atoms with E-state index in [0.717, 1.165) is 27.6 Å². The van der Waals surface area contributed by atoms with Crippen LogP contribution in [0.4, 0.5) is 5.82 Å². The summed E-state index contributed by atoms with van der Waals surface area (Å²) >= 11 is 0. The minimum absolute atomic E-state index is 0.167. The Labute approximate surface area is 150 Å². The molecule has 4 rings (SSSR count). The van der Waals surface area contributed by atoms with E-state index in [1.165, 1.54) is 0 Å². The van der Waals surface area contributed by atoms with Crippen LogP contribution in [0.5, 0.6) is 0 Å². The summed E-state index contributed by atoms with van der Waals surface area (Å²) in [6.07, 6.45) is 3.62. The van der Waals surface area contributed by atoms with Crippen LogP contribution in [0.3, 0.4) is 0 Å². The fourth-order valence-electron chi connectivity index (χ4n) is 2.86. The van der Waals surface area contributed by atoms with E-state index in [9.17, 15) is 4.79 Å². The Bertz CT molecular complexity index is 1120. The SMILES string of the molecule is Cc1ccccc1C(=O)Nc1cc2cc(-c3cn(C)nn3)ccc2cn1. The number of benzene rings is 2. The van der Waals surface area contributed by atoms with Crippen LogP contribution >= 0.6 is 0 Å². The van der Waals surface area contributed by atoms with Gasteiger partial charge in [-0.3, -0.25) is 9.48 Å². The topological polar surface area (TPSA) is 72.7 Å². The van der Waals surface area contributed by atoms with Gasteiger partial charge in [-0.05, 0) is 36.1 Å². The van der Waals surface area contributed by atoms with E-state index in [4.69, 9.17) is 0 Å². The highest BCUT2D eigenvalue weighted by Crippen LogP contribution is 2.24. The van der Waals surface area contributed by atoms with Gasteiger partial charge in [0.25, 0.3) is 5.91 Å². The molecule has 1 N–H and O–H groups in total. The van der Waals surface area contributed by atoms with Crippen LogP contribution in [0.2, 0.25) is 0 Å². The highest BCUT2D eigenvalue weighted by atomic mass is 16.1. The van der Waals surface area contributed by atoms with E-state index in [0.29, 0.717) is 11.4 Å². The maximum absolute atomic E-state index is 12.5. The van der Waals surface area contributed by atoms with Crippen molar-refractivity contribution in [1.29, 1.82) is 0 Å². The molecule has 0 aliphatic carbocycles. The van der Waals surface area contributed by atoms with E-state index < -0.39 is 0 Å². The minimum atomic E-state index is -0.167. The molecule has 0 aliphatic heterocycles. The molecule has 128 valence electrons. The minimum Gasteiger partial charge on any atom is -0.307 e. The highest BCUT2D eigenvalue weighted by Gasteiger charge is 2.10. The zero-order chi connectivity index (χ0) is 18.1. The number of rotatable bonds is 3. The largest absolute Gasteiger partial charge is 0.307 e. The van der Waals surface area contributed by atoms with Gasteiger partial charge in [-0.15, -0.1) is 5.10 Å². The number of anilines is 1. The molecule has 4 aromatic rings. The molecule has 6 heteroatoms. The summed E-state index contributed by atoms with van der Waals surface area (Å²) < 4.78 is 1.67. The number of fused-ring (bicyclic) bond motifs is 1. The van der Waals surface area contributed by atoms with Gasteiger partial charge in [0, 0.05) is 29.8 Å². The van der Waals surface area contributed by atoms with E-state index in [-0.39, 0.29) is 5.91 Å². The molecule has 0 fully saturated rings. The zero-order valence-corrected chi connectivity index (χ0v) is 14.5. The summed E-state index contributed by atoms with van der Waals surface area (Å²) in [5.41, 5.74) is 3.34. The van der Waals surface area contributed by atoms with Crippen LogP contribution in [0, 0.1) is 6.92 Å². The summed E-state index contributed by atoms with van der Waals surface area (Å²) in [4.78, 5) is 16.8. The third-order valence-corrected chi connectivity index (χ3v) is 4.25. The summed E-state index contributed by atoms with van der Waals surface area (Å²) in [5.74, 6) is 0.349. The first kappa shape index (κ1) is 16.0. The molecule has 0 unspecified atom stereocenters. The number of carbonyl (C=O) groups is 1. The number of aromatic nitrogens is 4. The summed E-state index contributed by atoms with van der Waals surface area (Å²) in [5, 5.41) is 12.9. The zero-order valence-electron chi connectivity index (χ0n) is 14.5. The van der Waals surface area contributed by atoms with E-state index >= 15 is 0 Å². The van der Waals surface area contributed by atoms with E-state index in [1.54, 1.807) is 16.9 Å². The Kier molecular flexibility index (Phi) is 3.93. The average molecular weight is 343 g/mol. The second-order valence-electron chi connectivity index (χ2n) is 6.18. The molecule has 2 heterocycles. The van der Waals surface area contributed by atoms with Crippen molar-refractivity contribution < 1.29 is 4.79 Å². The van der Waals surface area contributed by atoms with Gasteiger partial charge in [0.1, 0.15) is 11.5 Å². The molecular formula is C20H17N5O. The molecule has 1 amide bonds. The first-order chi connectivity index (χ1) is 12.6. The first-order valence-corrected chi connectivity index (χ1v) is 8.24. The number of pyridine rings is 1. The lowest BCUT2D eigenvalue weighted by Gasteiger charge is -2.08. The first-order valence-electron chi connectivity index (χ1n) is 8.24. The molecule has 26 heavy (non-hydrogen) atoms. The van der Waals surface area contributed by atoms with Crippen molar-refractivity contribution in [3.63, 3.8) is 0 Å². The number of hydrogen-bond acceptors (Lipinski definition) is 4. The Balaban J connectivity index is 1.66. The molecule has 0 aliphatic rings. The fourth-order valence-corrected chi connectivity index (χ4v) is 2.86. The molecule has 0 spiro atoms. The van der Waals surface area contributed by atoms with E-state index in [1.807, 2.05) is 62.6 Å². The van der Waals surface area contributed by atoms with Gasteiger partial charge >= 0.3 is 0 Å². The third-order valence-electron chi connectivity index (χ3n) is 4.25. The summed E-state index contributed by atoms with van der Waals surface area (Å²) in [7, 11) is 1.83. The van der Waals surface area contributed by atoms with Gasteiger partial charge in [0.05, 0.1) is 6.20 Å². The number of hydrogen-bond donors (Lipinski definition) is 1. The van der Waals surface area contributed by atoms with Gasteiger partial charge in [0.2, 0.25) is 0 Å². The van der Waals surface area contributed by atoms with Gasteiger partial charge in [-0.2, -0.15) is 0 Å². The quantitative estimate of drug-likeness (QED) is 0.617. The second kappa shape index (κ2) is 6.40. The van der Waals surface area contributed by atoms with Crippen molar-refractivity contribution in [1.82, 2.24) is 20.0 Å². The molecule has 0 bridgehead atoms. The lowest BCUT2D eigenvalue weighted by Crippen LogP contribution is -2.14. The van der Waals surface area contributed by atoms with E-state index in [2.05, 4.69) is 20.6 Å². The molecule has 0 saturated carbocycles. The lowest BCUT2D eigenvalue weighted by molar-refractivity contribution is 0.102. The van der Waals surface area contributed by atoms with Crippen molar-refractivity contribution in [3.05, 3.63) is 72.1 Å². The van der Waals surface area contributed by atoms with Gasteiger partial charge in [-0.1, -0.05) is 35.5 Å². The fraction of sp³-hybridized carbons (Fsp3) is 0.100. The Morgan fingerprint density at radius 3 is 2.69 bits per heavy atom. The number of carbonyl (C=O) groups excluding carboxylic acids is 1. The Morgan fingerprint density at radius 1 is 1.08 bits per heavy atom. The maximum atomic E-state index is 12.5. The van der Waals surface area contributed by atoms with Gasteiger partial charge in [-0.25, -0.2) is 4.98 Å². The molecule has 0 radical (unpaired) electrons. The molecular weight excluding hydrogens is 326 g/mol. The summed E-state index contributed by atoms with van der Waals surface area (Å²) in [6.45, 7) is 1.91. The average Bonchev–Trinajstić information content (AvgIpc) is 3.08. The predicted molar refractivity (Wildman–Crippen MR) is 101 cm³/mol. The Morgan fingerprint density at radius 2 is 1.92 bits per heavy atom. The van der Waals surface area contributed by atoms with Crippen LogP contribution in [-0.4, -0.2) is 25.9 Å². The van der Waals surface area contributed by atoms with Gasteiger partial charge < -0.3 is 5.32 Å². The Hall–Kier alpha value is -3.54. The molecule has 6 nitrogen and oxygen atoms in total. The monoisotopic (exact) mass is 343 g/mol. The lowest BCUT2D eigenvalue weighted by atomic mass is 10.1. The van der Waals surface area contributed by atoms with Crippen molar-refractivity contribution in [2.24, 2.45) is 7.05 Å². The van der Waals surface area contributed by atoms with Crippen LogP contribution in [-0.2, 0) is 7.05 Å². The molecule has 2 aromatic carbocycles. The van der Waals surface area contributed by atoms with Crippen LogP contribution in [0.1, 0.15) is 15.9 Å². The normalized spacial score (nSPS) is 10.8. The molecule has 2 aromatic heterocycles. The third kappa shape index (κ3) is 3.04. The van der Waals surface area contributed by atoms with Crippen LogP contribution < -0.4 is 5.32 Å². The van der Waals surface area contributed by atoms with Crippen molar-refractivity contribution in [2.45, 2.75) is 6.92 Å². The van der Waals surface area contributed by atoms with Crippen molar-refractivity contribution >= 4 is 22.5 Å². The van der Waals surface area contributed by atoms with Crippen molar-refractivity contribution in [3.8, 4) is 11.3 Å². The number of aryl methyl sites for hydroxylation is 2. The van der Waals surface area contributed by atoms with Crippen LogP contribution in [0.15, 0.2) is 60.9 Å². The maximum Gasteiger partial charge on any atom is 0.257 e. The number of nitrogens with one attached hydrogen (secondary N) is 1.